The van der Waals surface area contributed by atoms with Crippen molar-refractivity contribution in [3.05, 3.63) is 23.3 Å². The van der Waals surface area contributed by atoms with Crippen molar-refractivity contribution in [1.82, 2.24) is 10.6 Å². The Morgan fingerprint density at radius 3 is 1.79 bits per heavy atom. The first kappa shape index (κ1) is 30.0. The molecule has 0 saturated heterocycles. The Morgan fingerprint density at radius 1 is 0.879 bits per heavy atom. The van der Waals surface area contributed by atoms with E-state index in [0.717, 1.165) is 12.8 Å². The highest BCUT2D eigenvalue weighted by Crippen LogP contribution is 2.26. The molecule has 0 saturated carbocycles. The molecule has 2 amide bonds. The van der Waals surface area contributed by atoms with Gasteiger partial charge in [-0.15, -0.1) is 0 Å². The van der Waals surface area contributed by atoms with Crippen molar-refractivity contribution in [2.24, 2.45) is 11.3 Å². The second kappa shape index (κ2) is 15.7. The van der Waals surface area contributed by atoms with Crippen molar-refractivity contribution in [2.45, 2.75) is 60.3 Å². The predicted molar refractivity (Wildman–Crippen MR) is 123 cm³/mol. The number of hydrogen-bond donors (Lipinski definition) is 4. The van der Waals surface area contributed by atoms with Crippen LogP contribution in [0.2, 0.25) is 0 Å². The quantitative estimate of drug-likeness (QED) is 0.209. The van der Waals surface area contributed by atoms with Crippen LogP contribution in [-0.4, -0.2) is 60.6 Å². The summed E-state index contributed by atoms with van der Waals surface area (Å²) in [5, 5.41) is 22.9. The molecule has 0 fully saturated rings. The number of alkyl carbamates (subject to hydrolysis) is 2. The summed E-state index contributed by atoms with van der Waals surface area (Å²) in [6, 6.07) is 0. The first-order valence-electron chi connectivity index (χ1n) is 11.0. The molecule has 0 rings (SSSR count). The lowest BCUT2D eigenvalue weighted by atomic mass is 9.82. The Labute approximate surface area is 195 Å². The van der Waals surface area contributed by atoms with Crippen LogP contribution in [0.1, 0.15) is 60.3 Å². The minimum absolute atomic E-state index is 0.102. The van der Waals surface area contributed by atoms with Gasteiger partial charge in [-0.25, -0.2) is 19.2 Å². The number of carboxylic acid groups (broad SMARTS) is 2. The van der Waals surface area contributed by atoms with Crippen LogP contribution in [0.15, 0.2) is 23.3 Å². The number of rotatable bonds is 15. The molecule has 0 aromatic rings. The first-order valence-corrected chi connectivity index (χ1v) is 11.0. The molecule has 1 atom stereocenters. The molecule has 188 valence electrons. The number of carboxylic acids is 2. The fourth-order valence-corrected chi connectivity index (χ4v) is 2.98. The number of ether oxygens (including phenoxy) is 2. The topological polar surface area (TPSA) is 151 Å². The summed E-state index contributed by atoms with van der Waals surface area (Å²) in [5.41, 5.74) is 0.230. The second-order valence-electron chi connectivity index (χ2n) is 8.78. The smallest absolute Gasteiger partial charge is 0.407 e. The summed E-state index contributed by atoms with van der Waals surface area (Å²) in [4.78, 5) is 44.8. The van der Waals surface area contributed by atoms with Gasteiger partial charge in [0.25, 0.3) is 0 Å². The number of carbonyl (C=O) groups is 4. The Hall–Kier alpha value is -3.04. The Morgan fingerprint density at radius 2 is 1.33 bits per heavy atom. The lowest BCUT2D eigenvalue weighted by Gasteiger charge is -2.28. The van der Waals surface area contributed by atoms with Gasteiger partial charge in [0.15, 0.2) is 0 Å². The Balaban J connectivity index is 4.05. The highest BCUT2D eigenvalue weighted by Gasteiger charge is 2.22. The van der Waals surface area contributed by atoms with Gasteiger partial charge >= 0.3 is 24.1 Å². The maximum absolute atomic E-state index is 11.8. The van der Waals surface area contributed by atoms with Gasteiger partial charge in [0.05, 0.1) is 13.2 Å². The van der Waals surface area contributed by atoms with Gasteiger partial charge in [0, 0.05) is 37.1 Å². The van der Waals surface area contributed by atoms with Gasteiger partial charge in [-0.1, -0.05) is 32.9 Å². The monoisotopic (exact) mass is 470 g/mol. The van der Waals surface area contributed by atoms with E-state index >= 15 is 0 Å². The highest BCUT2D eigenvalue weighted by atomic mass is 16.6. The van der Waals surface area contributed by atoms with Gasteiger partial charge in [-0.3, -0.25) is 0 Å². The van der Waals surface area contributed by atoms with Gasteiger partial charge in [-0.2, -0.15) is 0 Å². The Kier molecular flexibility index (Phi) is 14.3. The fraction of sp³-hybridized carbons (Fsp3) is 0.652. The molecule has 0 aliphatic rings. The summed E-state index contributed by atoms with van der Waals surface area (Å²) in [6.07, 6.45) is 4.13. The molecule has 33 heavy (non-hydrogen) atoms. The SMILES string of the molecule is C/C(=C\CCOC(=O)NCCC(C)CC(C)(C)CNC(=O)OCC/C=C(\C)C(=O)O)C(=O)O. The van der Waals surface area contributed by atoms with Crippen molar-refractivity contribution in [1.29, 1.82) is 0 Å². The molecule has 0 radical (unpaired) electrons. The number of carbonyl (C=O) groups excluding carboxylic acids is 2. The van der Waals surface area contributed by atoms with Crippen LogP contribution in [0.5, 0.6) is 0 Å². The van der Waals surface area contributed by atoms with Crippen LogP contribution in [0.3, 0.4) is 0 Å². The summed E-state index contributed by atoms with van der Waals surface area (Å²) >= 11 is 0. The average Bonchev–Trinajstić information content (AvgIpc) is 2.71. The third-order valence-electron chi connectivity index (χ3n) is 4.80. The molecule has 10 nitrogen and oxygen atoms in total. The molecule has 0 aliphatic heterocycles. The van der Waals surface area contributed by atoms with E-state index in [2.05, 4.69) is 17.6 Å². The second-order valence-corrected chi connectivity index (χ2v) is 8.78. The molecule has 10 heteroatoms. The normalized spacial score (nSPS) is 13.1. The van der Waals surface area contributed by atoms with E-state index in [1.54, 1.807) is 0 Å². The largest absolute Gasteiger partial charge is 0.478 e. The van der Waals surface area contributed by atoms with Crippen LogP contribution in [-0.2, 0) is 19.1 Å². The maximum Gasteiger partial charge on any atom is 0.407 e. The van der Waals surface area contributed by atoms with Crippen molar-refractivity contribution in [3.63, 3.8) is 0 Å². The summed E-state index contributed by atoms with van der Waals surface area (Å²) in [6.45, 7) is 10.1. The summed E-state index contributed by atoms with van der Waals surface area (Å²) < 4.78 is 10.1. The molecule has 0 bridgehead atoms. The zero-order valence-corrected chi connectivity index (χ0v) is 20.2. The fourth-order valence-electron chi connectivity index (χ4n) is 2.98. The van der Waals surface area contributed by atoms with E-state index in [1.165, 1.54) is 26.0 Å². The van der Waals surface area contributed by atoms with Crippen molar-refractivity contribution in [3.8, 4) is 0 Å². The van der Waals surface area contributed by atoms with Gasteiger partial charge in [0.2, 0.25) is 0 Å². The first-order chi connectivity index (χ1) is 15.3. The minimum Gasteiger partial charge on any atom is -0.478 e. The van der Waals surface area contributed by atoms with Crippen molar-refractivity contribution >= 4 is 24.1 Å². The number of nitrogens with one attached hydrogen (secondary N) is 2. The average molecular weight is 471 g/mol. The van der Waals surface area contributed by atoms with E-state index in [9.17, 15) is 19.2 Å². The highest BCUT2D eigenvalue weighted by molar-refractivity contribution is 5.86. The molecule has 0 heterocycles. The molecule has 0 aliphatic carbocycles. The van der Waals surface area contributed by atoms with Crippen LogP contribution in [0.4, 0.5) is 9.59 Å². The van der Waals surface area contributed by atoms with Crippen molar-refractivity contribution in [2.75, 3.05) is 26.3 Å². The molecule has 0 aromatic carbocycles. The van der Waals surface area contributed by atoms with Crippen molar-refractivity contribution < 1.29 is 38.9 Å². The van der Waals surface area contributed by atoms with Crippen LogP contribution in [0, 0.1) is 11.3 Å². The molecule has 0 spiro atoms. The van der Waals surface area contributed by atoms with Gasteiger partial charge < -0.3 is 30.3 Å². The lowest BCUT2D eigenvalue weighted by Crippen LogP contribution is -2.36. The van der Waals surface area contributed by atoms with Crippen LogP contribution >= 0.6 is 0 Å². The van der Waals surface area contributed by atoms with Crippen LogP contribution < -0.4 is 10.6 Å². The van der Waals surface area contributed by atoms with E-state index in [0.29, 0.717) is 25.9 Å². The zero-order chi connectivity index (χ0) is 25.4. The predicted octanol–water partition coefficient (Wildman–Crippen LogP) is 3.72. The van der Waals surface area contributed by atoms with E-state index < -0.39 is 24.1 Å². The molecule has 0 aromatic heterocycles. The molecule has 1 unspecified atom stereocenters. The number of hydrogen-bond acceptors (Lipinski definition) is 6. The maximum atomic E-state index is 11.8. The van der Waals surface area contributed by atoms with Gasteiger partial charge in [0.1, 0.15) is 0 Å². The van der Waals surface area contributed by atoms with E-state index in [4.69, 9.17) is 19.7 Å². The molecular weight excluding hydrogens is 432 g/mol. The number of aliphatic carboxylic acids is 2. The molecule has 4 N–H and O–H groups in total. The van der Waals surface area contributed by atoms with Crippen LogP contribution in [0.25, 0.3) is 0 Å². The Bertz CT molecular complexity index is 728. The third-order valence-corrected chi connectivity index (χ3v) is 4.80. The zero-order valence-electron chi connectivity index (χ0n) is 20.2. The minimum atomic E-state index is -0.997. The standard InChI is InChI=1S/C23H38N2O8/c1-16(10-11-24-21(30)32-12-6-8-17(2)19(26)27)14-23(4,5)15-25-22(31)33-13-7-9-18(3)20(28)29/h8-9,16H,6-7,10-15H2,1-5H3,(H,24,30)(H,25,31)(H,26,27)(H,28,29)/b17-8+,18-9+. The molecular formula is C23H38N2O8. The van der Waals surface area contributed by atoms with Gasteiger partial charge in [-0.05, 0) is 38.0 Å². The van der Waals surface area contributed by atoms with E-state index in [1.807, 2.05) is 13.8 Å². The van der Waals surface area contributed by atoms with E-state index in [-0.39, 0.29) is 35.7 Å². The summed E-state index contributed by atoms with van der Waals surface area (Å²) in [5.74, 6) is -1.71. The third kappa shape index (κ3) is 16.3. The summed E-state index contributed by atoms with van der Waals surface area (Å²) in [7, 11) is 0. The number of amides is 2. The lowest BCUT2D eigenvalue weighted by molar-refractivity contribution is -0.133.